The monoisotopic (exact) mass is 354 g/mol. The van der Waals surface area contributed by atoms with E-state index in [-0.39, 0.29) is 0 Å². The van der Waals surface area contributed by atoms with Gasteiger partial charge in [0, 0.05) is 15.5 Å². The maximum absolute atomic E-state index is 5.89. The minimum atomic E-state index is 0.755. The Morgan fingerprint density at radius 3 is 2.29 bits per heavy atom. The molecule has 17 heavy (non-hydrogen) atoms. The highest BCUT2D eigenvalue weighted by molar-refractivity contribution is 9.10. The first-order valence-corrected chi connectivity index (χ1v) is 6.77. The summed E-state index contributed by atoms with van der Waals surface area (Å²) in [5, 5.41) is 3.32. The van der Waals surface area contributed by atoms with E-state index in [0.717, 1.165) is 26.9 Å². The van der Waals surface area contributed by atoms with Crippen molar-refractivity contribution < 1.29 is 0 Å². The van der Waals surface area contributed by atoms with Gasteiger partial charge in [0.1, 0.15) is 0 Å². The van der Waals surface area contributed by atoms with Gasteiger partial charge in [-0.05, 0) is 35.9 Å². The number of hydrogen-bond acceptors (Lipinski definition) is 2. The molecule has 2 aromatic rings. The molecule has 88 valence electrons. The molecular formula is C13H12Br2N2. The fraction of sp³-hybridized carbons (Fsp3) is 0.0769. The number of halogens is 2. The van der Waals surface area contributed by atoms with Crippen molar-refractivity contribution in [3.05, 3.63) is 57.0 Å². The molecule has 0 unspecified atom stereocenters. The SMILES string of the molecule is Nc1ccc(Br)cc1NCc1ccc(Br)cc1. The van der Waals surface area contributed by atoms with Crippen LogP contribution in [0.1, 0.15) is 5.56 Å². The molecule has 0 saturated heterocycles. The minimum Gasteiger partial charge on any atom is -0.397 e. The third-order valence-corrected chi connectivity index (χ3v) is 3.43. The van der Waals surface area contributed by atoms with Gasteiger partial charge in [0.05, 0.1) is 11.4 Å². The maximum Gasteiger partial charge on any atom is 0.0587 e. The Morgan fingerprint density at radius 1 is 0.941 bits per heavy atom. The van der Waals surface area contributed by atoms with Crippen LogP contribution in [0.2, 0.25) is 0 Å². The van der Waals surface area contributed by atoms with E-state index in [4.69, 9.17) is 5.73 Å². The number of anilines is 2. The highest BCUT2D eigenvalue weighted by atomic mass is 79.9. The van der Waals surface area contributed by atoms with Crippen molar-refractivity contribution in [3.63, 3.8) is 0 Å². The van der Waals surface area contributed by atoms with E-state index in [2.05, 4.69) is 49.3 Å². The summed E-state index contributed by atoms with van der Waals surface area (Å²) in [5.41, 5.74) is 8.80. The average Bonchev–Trinajstić information content (AvgIpc) is 2.32. The van der Waals surface area contributed by atoms with Crippen LogP contribution in [0.25, 0.3) is 0 Å². The van der Waals surface area contributed by atoms with E-state index in [1.54, 1.807) is 0 Å². The number of nitrogens with two attached hydrogens (primary N) is 1. The van der Waals surface area contributed by atoms with Gasteiger partial charge in [0.15, 0.2) is 0 Å². The van der Waals surface area contributed by atoms with Crippen molar-refractivity contribution in [2.24, 2.45) is 0 Å². The molecule has 0 heterocycles. The van der Waals surface area contributed by atoms with Crippen LogP contribution in [0.3, 0.4) is 0 Å². The topological polar surface area (TPSA) is 38.0 Å². The molecule has 2 rings (SSSR count). The summed E-state index contributed by atoms with van der Waals surface area (Å²) in [6.45, 7) is 0.758. The van der Waals surface area contributed by atoms with Crippen LogP contribution in [0.5, 0.6) is 0 Å². The van der Waals surface area contributed by atoms with Gasteiger partial charge in [-0.2, -0.15) is 0 Å². The predicted molar refractivity (Wildman–Crippen MR) is 80.0 cm³/mol. The van der Waals surface area contributed by atoms with Crippen LogP contribution in [0, 0.1) is 0 Å². The molecule has 2 aromatic carbocycles. The molecule has 0 aliphatic carbocycles. The molecule has 0 amide bonds. The number of hydrogen-bond donors (Lipinski definition) is 2. The lowest BCUT2D eigenvalue weighted by atomic mass is 10.2. The summed E-state index contributed by atoms with van der Waals surface area (Å²) >= 11 is 6.85. The quantitative estimate of drug-likeness (QED) is 0.800. The lowest BCUT2D eigenvalue weighted by molar-refractivity contribution is 1.15. The zero-order valence-corrected chi connectivity index (χ0v) is 12.3. The Hall–Kier alpha value is -1.00. The second-order valence-corrected chi connectivity index (χ2v) is 5.54. The summed E-state index contributed by atoms with van der Waals surface area (Å²) in [7, 11) is 0. The van der Waals surface area contributed by atoms with Crippen molar-refractivity contribution in [2.45, 2.75) is 6.54 Å². The summed E-state index contributed by atoms with van der Waals surface area (Å²) < 4.78 is 2.10. The molecule has 0 fully saturated rings. The van der Waals surface area contributed by atoms with Crippen molar-refractivity contribution in [2.75, 3.05) is 11.1 Å². The summed E-state index contributed by atoms with van der Waals surface area (Å²) in [6, 6.07) is 14.0. The molecule has 0 atom stereocenters. The first-order valence-electron chi connectivity index (χ1n) is 5.18. The van der Waals surface area contributed by atoms with E-state index >= 15 is 0 Å². The largest absolute Gasteiger partial charge is 0.397 e. The summed E-state index contributed by atoms with van der Waals surface area (Å²) in [5.74, 6) is 0. The average molecular weight is 356 g/mol. The molecule has 2 nitrogen and oxygen atoms in total. The Balaban J connectivity index is 2.07. The van der Waals surface area contributed by atoms with Crippen LogP contribution in [0.15, 0.2) is 51.4 Å². The van der Waals surface area contributed by atoms with Gasteiger partial charge in [-0.3, -0.25) is 0 Å². The zero-order chi connectivity index (χ0) is 12.3. The molecule has 0 aromatic heterocycles. The van der Waals surface area contributed by atoms with E-state index in [0.29, 0.717) is 0 Å². The number of rotatable bonds is 3. The Bertz CT molecular complexity index is 509. The normalized spacial score (nSPS) is 10.2. The van der Waals surface area contributed by atoms with Gasteiger partial charge in [-0.1, -0.05) is 44.0 Å². The van der Waals surface area contributed by atoms with Crippen molar-refractivity contribution in [1.29, 1.82) is 0 Å². The van der Waals surface area contributed by atoms with Crippen LogP contribution in [0.4, 0.5) is 11.4 Å². The first-order chi connectivity index (χ1) is 8.15. The van der Waals surface area contributed by atoms with E-state index < -0.39 is 0 Å². The highest BCUT2D eigenvalue weighted by Crippen LogP contribution is 2.24. The van der Waals surface area contributed by atoms with Gasteiger partial charge < -0.3 is 11.1 Å². The molecule has 0 bridgehead atoms. The smallest absolute Gasteiger partial charge is 0.0587 e. The molecule has 0 radical (unpaired) electrons. The van der Waals surface area contributed by atoms with Gasteiger partial charge in [-0.15, -0.1) is 0 Å². The molecular weight excluding hydrogens is 344 g/mol. The number of nitrogens with one attached hydrogen (secondary N) is 1. The highest BCUT2D eigenvalue weighted by Gasteiger charge is 1.99. The fourth-order valence-electron chi connectivity index (χ4n) is 1.48. The molecule has 0 aliphatic rings. The van der Waals surface area contributed by atoms with E-state index in [9.17, 15) is 0 Å². The Labute approximate surface area is 117 Å². The van der Waals surface area contributed by atoms with Crippen molar-refractivity contribution >= 4 is 43.2 Å². The van der Waals surface area contributed by atoms with Crippen LogP contribution < -0.4 is 11.1 Å². The fourth-order valence-corrected chi connectivity index (χ4v) is 2.11. The summed E-state index contributed by atoms with van der Waals surface area (Å²) in [4.78, 5) is 0. The maximum atomic E-state index is 5.89. The third kappa shape index (κ3) is 3.48. The van der Waals surface area contributed by atoms with Gasteiger partial charge in [0.25, 0.3) is 0 Å². The van der Waals surface area contributed by atoms with Crippen LogP contribution in [-0.2, 0) is 6.54 Å². The first kappa shape index (κ1) is 12.5. The molecule has 0 spiro atoms. The molecule has 0 aliphatic heterocycles. The molecule has 4 heteroatoms. The third-order valence-electron chi connectivity index (χ3n) is 2.41. The summed E-state index contributed by atoms with van der Waals surface area (Å²) in [6.07, 6.45) is 0. The van der Waals surface area contributed by atoms with Crippen LogP contribution >= 0.6 is 31.9 Å². The Kier molecular flexibility index (Phi) is 4.07. The Morgan fingerprint density at radius 2 is 1.59 bits per heavy atom. The van der Waals surface area contributed by atoms with Gasteiger partial charge >= 0.3 is 0 Å². The van der Waals surface area contributed by atoms with Crippen LogP contribution in [-0.4, -0.2) is 0 Å². The molecule has 3 N–H and O–H groups in total. The van der Waals surface area contributed by atoms with Crippen molar-refractivity contribution in [1.82, 2.24) is 0 Å². The second-order valence-electron chi connectivity index (χ2n) is 3.71. The predicted octanol–water partition coefficient (Wildman–Crippen LogP) is 4.41. The molecule has 0 saturated carbocycles. The number of nitrogen functional groups attached to an aromatic ring is 1. The zero-order valence-electron chi connectivity index (χ0n) is 9.08. The van der Waals surface area contributed by atoms with E-state index in [1.165, 1.54) is 5.56 Å². The second kappa shape index (κ2) is 5.56. The standard InChI is InChI=1S/C13H12Br2N2/c14-10-3-1-9(2-4-10)8-17-13-7-11(15)5-6-12(13)16/h1-7,17H,8,16H2. The van der Waals surface area contributed by atoms with Crippen molar-refractivity contribution in [3.8, 4) is 0 Å². The van der Waals surface area contributed by atoms with Gasteiger partial charge in [0.2, 0.25) is 0 Å². The number of benzene rings is 2. The lowest BCUT2D eigenvalue weighted by Gasteiger charge is -2.09. The van der Waals surface area contributed by atoms with Gasteiger partial charge in [-0.25, -0.2) is 0 Å². The minimum absolute atomic E-state index is 0.755. The van der Waals surface area contributed by atoms with E-state index in [1.807, 2.05) is 30.3 Å². The lowest BCUT2D eigenvalue weighted by Crippen LogP contribution is -2.02.